The summed E-state index contributed by atoms with van der Waals surface area (Å²) >= 11 is 12.2. The number of hydrogen-bond acceptors (Lipinski definition) is 4. The summed E-state index contributed by atoms with van der Waals surface area (Å²) in [6, 6.07) is 17.8. The zero-order chi connectivity index (χ0) is 22.3. The Bertz CT molecular complexity index is 959. The minimum absolute atomic E-state index is 0.278. The Labute approximate surface area is 201 Å². The third-order valence-corrected chi connectivity index (χ3v) is 8.28. The Morgan fingerprint density at radius 3 is 2.47 bits per heavy atom. The normalized spacial score (nSPS) is 29.2. The first-order chi connectivity index (χ1) is 15.5. The number of piperidine rings is 1. The number of ether oxygens (including phenoxy) is 2. The molecule has 0 radical (unpaired) electrons. The number of benzene rings is 2. The van der Waals surface area contributed by atoms with Gasteiger partial charge in [0.15, 0.2) is 0 Å². The van der Waals surface area contributed by atoms with Gasteiger partial charge in [-0.15, -0.1) is 0 Å². The largest absolute Gasteiger partial charge is 0.374 e. The Morgan fingerprint density at radius 1 is 1.09 bits per heavy atom. The molecule has 32 heavy (non-hydrogen) atoms. The van der Waals surface area contributed by atoms with Gasteiger partial charge in [0.2, 0.25) is 5.79 Å². The van der Waals surface area contributed by atoms with Crippen LogP contribution < -0.4 is 5.32 Å². The topological polar surface area (TPSA) is 33.7 Å². The number of aryl methyl sites for hydroxylation is 1. The monoisotopic (exact) mass is 470 g/mol. The van der Waals surface area contributed by atoms with Gasteiger partial charge in [-0.25, -0.2) is 0 Å². The average molecular weight is 471 g/mol. The van der Waals surface area contributed by atoms with Crippen LogP contribution >= 0.6 is 23.8 Å². The molecule has 0 amide bonds. The summed E-state index contributed by atoms with van der Waals surface area (Å²) in [5.41, 5.74) is 3.66. The molecule has 3 heterocycles. The molecule has 0 spiro atoms. The molecule has 0 saturated carbocycles. The first-order valence-corrected chi connectivity index (χ1v) is 12.4. The molecule has 3 aliphatic heterocycles. The first-order valence-electron chi connectivity index (χ1n) is 11.6. The number of rotatable bonds is 5. The number of nitrogens with one attached hydrogen (secondary N) is 1. The van der Waals surface area contributed by atoms with E-state index in [1.54, 1.807) is 0 Å². The van der Waals surface area contributed by atoms with Gasteiger partial charge in [0.05, 0.1) is 24.7 Å². The number of thiocarbonyl (C=S) groups is 1. The average Bonchev–Trinajstić information content (AvgIpc) is 3.35. The summed E-state index contributed by atoms with van der Waals surface area (Å²) in [6.45, 7) is 3.77. The van der Waals surface area contributed by atoms with Crippen LogP contribution in [-0.4, -0.2) is 48.8 Å². The smallest absolute Gasteiger partial charge is 0.212 e. The van der Waals surface area contributed by atoms with E-state index in [2.05, 4.69) is 48.5 Å². The fourth-order valence-electron chi connectivity index (χ4n) is 5.83. The predicted molar refractivity (Wildman–Crippen MR) is 132 cm³/mol. The Kier molecular flexibility index (Phi) is 6.30. The van der Waals surface area contributed by atoms with E-state index in [-0.39, 0.29) is 5.92 Å². The van der Waals surface area contributed by atoms with Crippen LogP contribution in [-0.2, 0) is 15.3 Å². The van der Waals surface area contributed by atoms with Crippen molar-refractivity contribution in [1.29, 1.82) is 0 Å². The maximum absolute atomic E-state index is 6.11. The third kappa shape index (κ3) is 4.10. The molecule has 2 bridgehead atoms. The number of hydrogen-bond donors (Lipinski definition) is 1. The zero-order valence-electron chi connectivity index (χ0n) is 18.7. The minimum atomic E-state index is -0.827. The third-order valence-electron chi connectivity index (χ3n) is 7.61. The van der Waals surface area contributed by atoms with Crippen LogP contribution in [0.3, 0.4) is 0 Å². The lowest BCUT2D eigenvalue weighted by molar-refractivity contribution is -0.159. The van der Waals surface area contributed by atoms with Crippen LogP contribution in [0.15, 0.2) is 48.5 Å². The van der Waals surface area contributed by atoms with Gasteiger partial charge in [0.25, 0.3) is 0 Å². The summed E-state index contributed by atoms with van der Waals surface area (Å²) in [6.07, 6.45) is 3.60. The van der Waals surface area contributed by atoms with E-state index in [4.69, 9.17) is 33.3 Å². The van der Waals surface area contributed by atoms with Crippen molar-refractivity contribution < 1.29 is 9.47 Å². The van der Waals surface area contributed by atoms with Crippen LogP contribution in [0.1, 0.15) is 41.9 Å². The summed E-state index contributed by atoms with van der Waals surface area (Å²) in [7, 11) is 2.27. The predicted octanol–water partition coefficient (Wildman–Crippen LogP) is 5.03. The fourth-order valence-corrected chi connectivity index (χ4v) is 6.35. The molecule has 6 heteroatoms. The molecule has 0 aliphatic carbocycles. The maximum atomic E-state index is 6.11. The van der Waals surface area contributed by atoms with Crippen molar-refractivity contribution in [3.8, 4) is 0 Å². The van der Waals surface area contributed by atoms with Crippen LogP contribution in [0.2, 0.25) is 5.02 Å². The highest BCUT2D eigenvalue weighted by molar-refractivity contribution is 7.80. The van der Waals surface area contributed by atoms with Crippen molar-refractivity contribution in [2.75, 3.05) is 26.8 Å². The van der Waals surface area contributed by atoms with Gasteiger partial charge in [0, 0.05) is 28.6 Å². The van der Waals surface area contributed by atoms with E-state index < -0.39 is 5.79 Å². The van der Waals surface area contributed by atoms with E-state index in [9.17, 15) is 0 Å². The quantitative estimate of drug-likeness (QED) is 0.620. The standard InChI is InChI=1S/C26H31ClN2O2S/c1-17-3-5-18(6-4-17)22-15-21-11-12-23(29(21)2)24(22)25(32)28-16-26(30-13-14-31-26)19-7-9-20(27)10-8-19/h3-10,21-24H,11-16H2,1-2H3,(H,28,32)/t21-,22+,23+,24-/m0/s1. The SMILES string of the molecule is Cc1ccc([C@H]2C[C@@H]3CC[C@H]([C@H]2C(=S)NCC2(c4ccc(Cl)cc4)OCCO2)N3C)cc1. The second-order valence-electron chi connectivity index (χ2n) is 9.42. The molecule has 2 aromatic rings. The molecule has 4 nitrogen and oxygen atoms in total. The molecule has 1 N–H and O–H groups in total. The molecular formula is C26H31ClN2O2S. The van der Waals surface area contributed by atoms with Gasteiger partial charge in [-0.3, -0.25) is 4.90 Å². The number of nitrogens with zero attached hydrogens (tertiary/aromatic N) is 1. The molecule has 0 aromatic heterocycles. The lowest BCUT2D eigenvalue weighted by atomic mass is 9.76. The summed E-state index contributed by atoms with van der Waals surface area (Å²) < 4.78 is 12.2. The molecular weight excluding hydrogens is 440 g/mol. The molecule has 170 valence electrons. The van der Waals surface area contributed by atoms with E-state index >= 15 is 0 Å². The lowest BCUT2D eigenvalue weighted by Crippen LogP contribution is -2.52. The van der Waals surface area contributed by atoms with Crippen molar-refractivity contribution in [2.24, 2.45) is 5.92 Å². The van der Waals surface area contributed by atoms with Crippen LogP contribution in [0.25, 0.3) is 0 Å². The van der Waals surface area contributed by atoms with E-state index in [0.29, 0.717) is 42.8 Å². The van der Waals surface area contributed by atoms with Crippen molar-refractivity contribution in [1.82, 2.24) is 10.2 Å². The molecule has 4 atom stereocenters. The minimum Gasteiger partial charge on any atom is -0.374 e. The molecule has 3 aliphatic rings. The van der Waals surface area contributed by atoms with E-state index in [0.717, 1.165) is 17.0 Å². The number of halogens is 1. The van der Waals surface area contributed by atoms with Crippen molar-refractivity contribution in [2.45, 2.75) is 50.0 Å². The van der Waals surface area contributed by atoms with Crippen LogP contribution in [0.5, 0.6) is 0 Å². The fraction of sp³-hybridized carbons (Fsp3) is 0.500. The highest BCUT2D eigenvalue weighted by atomic mass is 35.5. The van der Waals surface area contributed by atoms with E-state index in [1.165, 1.54) is 24.0 Å². The van der Waals surface area contributed by atoms with Gasteiger partial charge < -0.3 is 14.8 Å². The van der Waals surface area contributed by atoms with E-state index in [1.807, 2.05) is 24.3 Å². The highest BCUT2D eigenvalue weighted by Gasteiger charge is 2.48. The molecule has 3 fully saturated rings. The van der Waals surface area contributed by atoms with Gasteiger partial charge in [-0.2, -0.15) is 0 Å². The van der Waals surface area contributed by atoms with Gasteiger partial charge >= 0.3 is 0 Å². The van der Waals surface area contributed by atoms with Gasteiger partial charge in [-0.05, 0) is 56.8 Å². The van der Waals surface area contributed by atoms with Crippen LogP contribution in [0.4, 0.5) is 0 Å². The van der Waals surface area contributed by atoms with Crippen molar-refractivity contribution >= 4 is 28.8 Å². The second kappa shape index (κ2) is 9.03. The molecule has 5 rings (SSSR count). The molecule has 0 unspecified atom stereocenters. The Balaban J connectivity index is 1.38. The van der Waals surface area contributed by atoms with Crippen molar-refractivity contribution in [3.05, 3.63) is 70.2 Å². The summed E-state index contributed by atoms with van der Waals surface area (Å²) in [4.78, 5) is 3.47. The van der Waals surface area contributed by atoms with Gasteiger partial charge in [0.1, 0.15) is 0 Å². The maximum Gasteiger partial charge on any atom is 0.212 e. The van der Waals surface area contributed by atoms with Crippen LogP contribution in [0, 0.1) is 12.8 Å². The Morgan fingerprint density at radius 2 is 1.78 bits per heavy atom. The summed E-state index contributed by atoms with van der Waals surface area (Å²) in [5.74, 6) is -0.117. The zero-order valence-corrected chi connectivity index (χ0v) is 20.3. The Hall–Kier alpha value is -1.50. The number of fused-ring (bicyclic) bond motifs is 2. The second-order valence-corrected chi connectivity index (χ2v) is 10.3. The first kappa shape index (κ1) is 22.3. The van der Waals surface area contributed by atoms with Gasteiger partial charge in [-0.1, -0.05) is 65.8 Å². The van der Waals surface area contributed by atoms with Crippen molar-refractivity contribution in [3.63, 3.8) is 0 Å². The summed E-state index contributed by atoms with van der Waals surface area (Å²) in [5, 5.41) is 4.29. The molecule has 2 aromatic carbocycles. The lowest BCUT2D eigenvalue weighted by Gasteiger charge is -2.44. The molecule has 3 saturated heterocycles. The highest BCUT2D eigenvalue weighted by Crippen LogP contribution is 2.46.